The minimum absolute atomic E-state index is 0.00782. The van der Waals surface area contributed by atoms with Crippen molar-refractivity contribution in [2.75, 3.05) is 17.6 Å². The first-order chi connectivity index (χ1) is 15.9. The van der Waals surface area contributed by atoms with Crippen molar-refractivity contribution in [3.05, 3.63) is 47.0 Å². The molecule has 0 aliphatic carbocycles. The van der Waals surface area contributed by atoms with Gasteiger partial charge in [0.25, 0.3) is 5.91 Å². The van der Waals surface area contributed by atoms with E-state index in [4.69, 9.17) is 0 Å². The molecule has 0 aliphatic rings. The molecule has 0 spiro atoms. The number of aromatic nitrogens is 1. The van der Waals surface area contributed by atoms with Crippen molar-refractivity contribution >= 4 is 38.3 Å². The predicted octanol–water partition coefficient (Wildman–Crippen LogP) is 1.11. The summed E-state index contributed by atoms with van der Waals surface area (Å²) in [6.45, 7) is 4.09. The molecule has 2 aromatic rings. The lowest BCUT2D eigenvalue weighted by molar-refractivity contribution is -0.125. The van der Waals surface area contributed by atoms with Gasteiger partial charge in [-0.15, -0.1) is 11.3 Å². The fourth-order valence-corrected chi connectivity index (χ4v) is 4.67. The van der Waals surface area contributed by atoms with Gasteiger partial charge in [-0.1, -0.05) is 44.2 Å². The lowest BCUT2D eigenvalue weighted by atomic mass is 9.94. The number of anilines is 1. The van der Waals surface area contributed by atoms with Gasteiger partial charge in [0.1, 0.15) is 11.8 Å². The Morgan fingerprint density at radius 1 is 1.18 bits per heavy atom. The quantitative estimate of drug-likeness (QED) is 0.333. The highest BCUT2D eigenvalue weighted by atomic mass is 32.2. The van der Waals surface area contributed by atoms with Crippen LogP contribution in [0.4, 0.5) is 5.13 Å². The van der Waals surface area contributed by atoms with Crippen LogP contribution in [-0.4, -0.2) is 67.0 Å². The smallest absolute Gasteiger partial charge is 0.271 e. The molecular formula is C22H32N4O6S2. The molecule has 2 rings (SSSR count). The summed E-state index contributed by atoms with van der Waals surface area (Å²) >= 11 is 0.991. The Balaban J connectivity index is 2.01. The molecule has 1 aromatic carbocycles. The fourth-order valence-electron chi connectivity index (χ4n) is 3.14. The summed E-state index contributed by atoms with van der Waals surface area (Å²) in [4.78, 5) is 29.0. The summed E-state index contributed by atoms with van der Waals surface area (Å²) < 4.78 is 24.3. The molecule has 0 bridgehead atoms. The molecule has 3 atom stereocenters. The SMILES string of the molecule is CC(C)CC(NC(=O)c1csc(N(C)S(C)(=O)=O)n1)C(O)C(O)CC(=O)NCc1ccccc1. The molecular weight excluding hydrogens is 480 g/mol. The van der Waals surface area contributed by atoms with E-state index in [-0.39, 0.29) is 23.2 Å². The van der Waals surface area contributed by atoms with Crippen LogP contribution in [0.5, 0.6) is 0 Å². The van der Waals surface area contributed by atoms with Gasteiger partial charge in [0.05, 0.1) is 24.8 Å². The van der Waals surface area contributed by atoms with Gasteiger partial charge in [-0.05, 0) is 17.9 Å². The zero-order valence-corrected chi connectivity index (χ0v) is 21.3. The Bertz CT molecular complexity index is 1060. The molecule has 0 radical (unpaired) electrons. The minimum atomic E-state index is -3.53. The van der Waals surface area contributed by atoms with E-state index in [0.717, 1.165) is 27.5 Å². The van der Waals surface area contributed by atoms with E-state index in [1.807, 2.05) is 44.2 Å². The standard InChI is InChI=1S/C22H32N4O6S2/c1-14(2)10-16(24-21(30)17-13-33-22(25-17)26(3)34(4,31)32)20(29)18(27)11-19(28)23-12-15-8-6-5-7-9-15/h5-9,13-14,16,18,20,27,29H,10-12H2,1-4H3,(H,23,28)(H,24,30). The first-order valence-electron chi connectivity index (χ1n) is 10.8. The lowest BCUT2D eigenvalue weighted by Gasteiger charge is -2.28. The second-order valence-electron chi connectivity index (χ2n) is 8.48. The fraction of sp³-hybridized carbons (Fsp3) is 0.500. The molecule has 0 saturated carbocycles. The van der Waals surface area contributed by atoms with Gasteiger partial charge in [-0.3, -0.25) is 9.59 Å². The lowest BCUT2D eigenvalue weighted by Crippen LogP contribution is -2.50. The highest BCUT2D eigenvalue weighted by molar-refractivity contribution is 7.92. The van der Waals surface area contributed by atoms with E-state index >= 15 is 0 Å². The van der Waals surface area contributed by atoms with Crippen LogP contribution in [0.15, 0.2) is 35.7 Å². The number of amides is 2. The van der Waals surface area contributed by atoms with E-state index in [9.17, 15) is 28.2 Å². The molecule has 3 unspecified atom stereocenters. The van der Waals surface area contributed by atoms with Crippen molar-refractivity contribution in [1.29, 1.82) is 0 Å². The average Bonchev–Trinajstić information content (AvgIpc) is 3.26. The molecule has 4 N–H and O–H groups in total. The van der Waals surface area contributed by atoms with Crippen LogP contribution in [-0.2, 0) is 21.4 Å². The topological polar surface area (TPSA) is 149 Å². The first kappa shape index (κ1) is 27.7. The van der Waals surface area contributed by atoms with Crippen LogP contribution in [0.2, 0.25) is 0 Å². The minimum Gasteiger partial charge on any atom is -0.390 e. The van der Waals surface area contributed by atoms with Gasteiger partial charge in [0.15, 0.2) is 5.13 Å². The number of nitrogens with zero attached hydrogens (tertiary/aromatic N) is 2. The van der Waals surface area contributed by atoms with Crippen LogP contribution in [0.25, 0.3) is 0 Å². The zero-order chi connectivity index (χ0) is 25.5. The van der Waals surface area contributed by atoms with Crippen molar-refractivity contribution < 1.29 is 28.2 Å². The maximum absolute atomic E-state index is 12.7. The third-order valence-electron chi connectivity index (χ3n) is 5.07. The van der Waals surface area contributed by atoms with Crippen LogP contribution in [0.1, 0.15) is 42.7 Å². The van der Waals surface area contributed by atoms with E-state index in [1.54, 1.807) is 0 Å². The third kappa shape index (κ3) is 8.35. The number of thiazole rings is 1. The van der Waals surface area contributed by atoms with Crippen LogP contribution in [0, 0.1) is 5.92 Å². The zero-order valence-electron chi connectivity index (χ0n) is 19.6. The Hall–Kier alpha value is -2.54. The van der Waals surface area contributed by atoms with Gasteiger partial charge in [0.2, 0.25) is 15.9 Å². The number of nitrogens with one attached hydrogen (secondary N) is 2. The highest BCUT2D eigenvalue weighted by Crippen LogP contribution is 2.22. The molecule has 1 heterocycles. The second kappa shape index (κ2) is 12.2. The number of benzene rings is 1. The van der Waals surface area contributed by atoms with E-state index in [1.165, 1.54) is 12.4 Å². The van der Waals surface area contributed by atoms with E-state index < -0.39 is 40.1 Å². The van der Waals surface area contributed by atoms with Crippen molar-refractivity contribution in [3.63, 3.8) is 0 Å². The summed E-state index contributed by atoms with van der Waals surface area (Å²) in [5.74, 6) is -0.978. The molecule has 12 heteroatoms. The second-order valence-corrected chi connectivity index (χ2v) is 11.3. The maximum atomic E-state index is 12.7. The Morgan fingerprint density at radius 3 is 2.41 bits per heavy atom. The molecule has 1 aromatic heterocycles. The Labute approximate surface area is 204 Å². The molecule has 34 heavy (non-hydrogen) atoms. The predicted molar refractivity (Wildman–Crippen MR) is 131 cm³/mol. The van der Waals surface area contributed by atoms with Crippen molar-refractivity contribution in [2.24, 2.45) is 5.92 Å². The highest BCUT2D eigenvalue weighted by Gasteiger charge is 2.31. The van der Waals surface area contributed by atoms with Gasteiger partial charge in [-0.2, -0.15) is 0 Å². The molecule has 0 aliphatic heterocycles. The Kier molecular flexibility index (Phi) is 9.98. The number of hydrogen-bond acceptors (Lipinski definition) is 8. The number of aliphatic hydroxyl groups is 2. The molecule has 2 amide bonds. The van der Waals surface area contributed by atoms with Gasteiger partial charge >= 0.3 is 0 Å². The Morgan fingerprint density at radius 2 is 1.82 bits per heavy atom. The number of aliphatic hydroxyl groups excluding tert-OH is 2. The van der Waals surface area contributed by atoms with Crippen LogP contribution in [0.3, 0.4) is 0 Å². The van der Waals surface area contributed by atoms with Crippen LogP contribution >= 0.6 is 11.3 Å². The number of rotatable bonds is 12. The largest absolute Gasteiger partial charge is 0.390 e. The molecule has 0 fully saturated rings. The normalized spacial score (nSPS) is 14.3. The maximum Gasteiger partial charge on any atom is 0.271 e. The van der Waals surface area contributed by atoms with Crippen molar-refractivity contribution in [3.8, 4) is 0 Å². The number of hydrogen-bond donors (Lipinski definition) is 4. The van der Waals surface area contributed by atoms with Crippen molar-refractivity contribution in [1.82, 2.24) is 15.6 Å². The molecule has 0 saturated heterocycles. The summed E-state index contributed by atoms with van der Waals surface area (Å²) in [6, 6.07) is 8.44. The van der Waals surface area contributed by atoms with Gasteiger partial charge in [-0.25, -0.2) is 17.7 Å². The monoisotopic (exact) mass is 512 g/mol. The molecule has 10 nitrogen and oxygen atoms in total. The first-order valence-corrected chi connectivity index (χ1v) is 13.5. The van der Waals surface area contributed by atoms with E-state index in [2.05, 4.69) is 15.6 Å². The number of carbonyl (C=O) groups is 2. The van der Waals surface area contributed by atoms with Crippen LogP contribution < -0.4 is 14.9 Å². The number of carbonyl (C=O) groups excluding carboxylic acids is 2. The number of sulfonamides is 1. The van der Waals surface area contributed by atoms with Crippen molar-refractivity contribution in [2.45, 2.75) is 51.5 Å². The third-order valence-corrected chi connectivity index (χ3v) is 7.27. The van der Waals surface area contributed by atoms with E-state index in [0.29, 0.717) is 13.0 Å². The average molecular weight is 513 g/mol. The summed E-state index contributed by atoms with van der Waals surface area (Å²) in [6.07, 6.45) is -1.76. The summed E-state index contributed by atoms with van der Waals surface area (Å²) in [7, 11) is -2.19. The summed E-state index contributed by atoms with van der Waals surface area (Å²) in [5.41, 5.74) is 0.895. The molecule has 188 valence electrons. The van der Waals surface area contributed by atoms with Gasteiger partial charge in [0, 0.05) is 19.0 Å². The van der Waals surface area contributed by atoms with Gasteiger partial charge < -0.3 is 20.8 Å². The summed E-state index contributed by atoms with van der Waals surface area (Å²) in [5, 5.41) is 28.1.